The van der Waals surface area contributed by atoms with Gasteiger partial charge in [-0.25, -0.2) is 0 Å². The molecule has 1 aliphatic rings. The Morgan fingerprint density at radius 1 is 1.22 bits per heavy atom. The SMILES string of the molecule is CSc1ccc(C(C(C)CO)N2CCCC2)cc1. The molecule has 0 radical (unpaired) electrons. The zero-order chi connectivity index (χ0) is 13.0. The van der Waals surface area contributed by atoms with Crippen molar-refractivity contribution in [1.29, 1.82) is 0 Å². The van der Waals surface area contributed by atoms with E-state index in [-0.39, 0.29) is 6.61 Å². The normalized spacial score (nSPS) is 19.9. The molecule has 1 saturated heterocycles. The fourth-order valence-electron chi connectivity index (χ4n) is 2.82. The van der Waals surface area contributed by atoms with E-state index in [0.29, 0.717) is 12.0 Å². The number of nitrogens with zero attached hydrogens (tertiary/aromatic N) is 1. The summed E-state index contributed by atoms with van der Waals surface area (Å²) in [5.74, 6) is 0.295. The van der Waals surface area contributed by atoms with Crippen molar-refractivity contribution in [3.8, 4) is 0 Å². The summed E-state index contributed by atoms with van der Waals surface area (Å²) >= 11 is 1.77. The number of aliphatic hydroxyl groups is 1. The van der Waals surface area contributed by atoms with E-state index in [1.165, 1.54) is 36.4 Å². The van der Waals surface area contributed by atoms with Crippen molar-refractivity contribution in [1.82, 2.24) is 4.90 Å². The van der Waals surface area contributed by atoms with E-state index in [2.05, 4.69) is 42.3 Å². The Hall–Kier alpha value is -0.510. The van der Waals surface area contributed by atoms with Crippen molar-refractivity contribution in [2.45, 2.75) is 30.7 Å². The van der Waals surface area contributed by atoms with Crippen LogP contribution >= 0.6 is 11.8 Å². The molecule has 100 valence electrons. The average molecular weight is 265 g/mol. The molecule has 0 aliphatic carbocycles. The van der Waals surface area contributed by atoms with Gasteiger partial charge in [0.1, 0.15) is 0 Å². The van der Waals surface area contributed by atoms with Gasteiger partial charge in [0.15, 0.2) is 0 Å². The van der Waals surface area contributed by atoms with Crippen molar-refractivity contribution in [3.05, 3.63) is 29.8 Å². The topological polar surface area (TPSA) is 23.5 Å². The molecule has 3 heteroatoms. The summed E-state index contributed by atoms with van der Waals surface area (Å²) in [6.45, 7) is 4.73. The molecule has 18 heavy (non-hydrogen) atoms. The summed E-state index contributed by atoms with van der Waals surface area (Å²) in [6.07, 6.45) is 4.68. The Kier molecular flexibility index (Phi) is 5.10. The quantitative estimate of drug-likeness (QED) is 0.827. The van der Waals surface area contributed by atoms with Gasteiger partial charge in [-0.1, -0.05) is 19.1 Å². The number of hydrogen-bond donors (Lipinski definition) is 1. The van der Waals surface area contributed by atoms with E-state index in [1.807, 2.05) is 0 Å². The van der Waals surface area contributed by atoms with Gasteiger partial charge in [-0.15, -0.1) is 11.8 Å². The monoisotopic (exact) mass is 265 g/mol. The summed E-state index contributed by atoms with van der Waals surface area (Å²) < 4.78 is 0. The molecule has 0 bridgehead atoms. The van der Waals surface area contributed by atoms with Crippen LogP contribution in [-0.2, 0) is 0 Å². The molecule has 1 aromatic rings. The van der Waals surface area contributed by atoms with E-state index in [4.69, 9.17) is 0 Å². The minimum Gasteiger partial charge on any atom is -0.396 e. The average Bonchev–Trinajstić information content (AvgIpc) is 2.93. The lowest BCUT2D eigenvalue weighted by Crippen LogP contribution is -2.31. The van der Waals surface area contributed by atoms with Crippen LogP contribution in [0.15, 0.2) is 29.2 Å². The molecule has 1 aliphatic heterocycles. The van der Waals surface area contributed by atoms with Crippen LogP contribution < -0.4 is 0 Å². The van der Waals surface area contributed by atoms with Crippen molar-refractivity contribution >= 4 is 11.8 Å². The second-order valence-electron chi connectivity index (χ2n) is 5.12. The number of aliphatic hydroxyl groups excluding tert-OH is 1. The van der Waals surface area contributed by atoms with Gasteiger partial charge in [-0.05, 0) is 55.8 Å². The summed E-state index contributed by atoms with van der Waals surface area (Å²) in [6, 6.07) is 9.19. The van der Waals surface area contributed by atoms with Gasteiger partial charge in [0.05, 0.1) is 0 Å². The second-order valence-corrected chi connectivity index (χ2v) is 6.00. The van der Waals surface area contributed by atoms with Crippen molar-refractivity contribution in [3.63, 3.8) is 0 Å². The van der Waals surface area contributed by atoms with Crippen LogP contribution in [0.3, 0.4) is 0 Å². The van der Waals surface area contributed by atoms with Gasteiger partial charge in [-0.3, -0.25) is 4.90 Å². The lowest BCUT2D eigenvalue weighted by molar-refractivity contribution is 0.126. The maximum absolute atomic E-state index is 9.50. The van der Waals surface area contributed by atoms with E-state index in [1.54, 1.807) is 11.8 Å². The van der Waals surface area contributed by atoms with Gasteiger partial charge in [0.2, 0.25) is 0 Å². The maximum atomic E-state index is 9.50. The van der Waals surface area contributed by atoms with Crippen LogP contribution in [0.1, 0.15) is 31.4 Å². The molecule has 2 rings (SSSR count). The van der Waals surface area contributed by atoms with E-state index < -0.39 is 0 Å². The molecule has 2 unspecified atom stereocenters. The first-order chi connectivity index (χ1) is 8.76. The van der Waals surface area contributed by atoms with E-state index >= 15 is 0 Å². The minimum atomic E-state index is 0.255. The highest BCUT2D eigenvalue weighted by molar-refractivity contribution is 7.98. The third kappa shape index (κ3) is 3.08. The number of hydrogen-bond acceptors (Lipinski definition) is 3. The molecule has 1 fully saturated rings. The number of likely N-dealkylation sites (tertiary alicyclic amines) is 1. The van der Waals surface area contributed by atoms with Crippen molar-refractivity contribution < 1.29 is 5.11 Å². The predicted octanol–water partition coefficient (Wildman–Crippen LogP) is 3.17. The number of benzene rings is 1. The first-order valence-electron chi connectivity index (χ1n) is 6.75. The molecule has 2 atom stereocenters. The van der Waals surface area contributed by atoms with Crippen LogP contribution in [-0.4, -0.2) is 36.0 Å². The van der Waals surface area contributed by atoms with Crippen molar-refractivity contribution in [2.75, 3.05) is 26.0 Å². The molecular formula is C15H23NOS. The van der Waals surface area contributed by atoms with Gasteiger partial charge in [0.25, 0.3) is 0 Å². The largest absolute Gasteiger partial charge is 0.396 e. The fourth-order valence-corrected chi connectivity index (χ4v) is 3.23. The van der Waals surface area contributed by atoms with Crippen LogP contribution in [0.4, 0.5) is 0 Å². The summed E-state index contributed by atoms with van der Waals surface area (Å²) in [4.78, 5) is 3.82. The third-order valence-corrected chi connectivity index (χ3v) is 4.56. The summed E-state index contributed by atoms with van der Waals surface area (Å²) in [7, 11) is 0. The Morgan fingerprint density at radius 2 is 1.83 bits per heavy atom. The molecule has 1 N–H and O–H groups in total. The van der Waals surface area contributed by atoms with Gasteiger partial charge in [-0.2, -0.15) is 0 Å². The standard InChI is InChI=1S/C15H23NOS/c1-12(11-17)15(16-9-3-4-10-16)13-5-7-14(18-2)8-6-13/h5-8,12,15,17H,3-4,9-11H2,1-2H3. The lowest BCUT2D eigenvalue weighted by Gasteiger charge is -2.32. The van der Waals surface area contributed by atoms with Gasteiger partial charge < -0.3 is 5.11 Å². The molecular weight excluding hydrogens is 242 g/mol. The van der Waals surface area contributed by atoms with Crippen LogP contribution in [0.5, 0.6) is 0 Å². The Bertz CT molecular complexity index is 359. The highest BCUT2D eigenvalue weighted by atomic mass is 32.2. The fraction of sp³-hybridized carbons (Fsp3) is 0.600. The minimum absolute atomic E-state index is 0.255. The first-order valence-corrected chi connectivity index (χ1v) is 7.97. The Morgan fingerprint density at radius 3 is 2.33 bits per heavy atom. The highest BCUT2D eigenvalue weighted by Gasteiger charge is 2.27. The third-order valence-electron chi connectivity index (χ3n) is 3.82. The Balaban J connectivity index is 2.20. The van der Waals surface area contributed by atoms with Crippen molar-refractivity contribution in [2.24, 2.45) is 5.92 Å². The van der Waals surface area contributed by atoms with Crippen LogP contribution in [0, 0.1) is 5.92 Å². The zero-order valence-corrected chi connectivity index (χ0v) is 12.1. The van der Waals surface area contributed by atoms with Gasteiger partial charge in [0, 0.05) is 17.5 Å². The molecule has 0 aromatic heterocycles. The van der Waals surface area contributed by atoms with Crippen LogP contribution in [0.25, 0.3) is 0 Å². The molecule has 1 heterocycles. The predicted molar refractivity (Wildman–Crippen MR) is 78.0 cm³/mol. The molecule has 2 nitrogen and oxygen atoms in total. The Labute approximate surface area is 114 Å². The number of rotatable bonds is 5. The van der Waals surface area contributed by atoms with Crippen LogP contribution in [0.2, 0.25) is 0 Å². The summed E-state index contributed by atoms with van der Waals surface area (Å²) in [5, 5.41) is 9.50. The first kappa shape index (κ1) is 13.9. The van der Waals surface area contributed by atoms with E-state index in [0.717, 1.165) is 0 Å². The summed E-state index contributed by atoms with van der Waals surface area (Å²) in [5.41, 5.74) is 1.34. The molecule has 0 amide bonds. The molecule has 0 spiro atoms. The number of thioether (sulfide) groups is 1. The smallest absolute Gasteiger partial charge is 0.0474 e. The maximum Gasteiger partial charge on any atom is 0.0474 e. The molecule has 1 aromatic carbocycles. The highest BCUT2D eigenvalue weighted by Crippen LogP contribution is 2.32. The lowest BCUT2D eigenvalue weighted by atomic mass is 9.94. The zero-order valence-electron chi connectivity index (χ0n) is 11.3. The van der Waals surface area contributed by atoms with E-state index in [9.17, 15) is 5.11 Å². The van der Waals surface area contributed by atoms with Gasteiger partial charge >= 0.3 is 0 Å². The molecule has 0 saturated carbocycles. The second kappa shape index (κ2) is 6.60.